The average molecular weight is 339 g/mol. The molecular formula is C14H15BrN2OS. The highest BCUT2D eigenvalue weighted by Crippen LogP contribution is 2.16. The first-order valence-electron chi connectivity index (χ1n) is 5.95. The van der Waals surface area contributed by atoms with Crippen LogP contribution in [0.5, 0.6) is 0 Å². The van der Waals surface area contributed by atoms with Crippen LogP contribution in [0.1, 0.15) is 10.5 Å². The minimum atomic E-state index is -0.0399. The van der Waals surface area contributed by atoms with Crippen LogP contribution >= 0.6 is 27.7 Å². The highest BCUT2D eigenvalue weighted by atomic mass is 79.9. The van der Waals surface area contributed by atoms with Crippen molar-refractivity contribution in [1.82, 2.24) is 9.88 Å². The molecule has 3 nitrogen and oxygen atoms in total. The highest BCUT2D eigenvalue weighted by Gasteiger charge is 2.09. The molecule has 0 spiro atoms. The van der Waals surface area contributed by atoms with Crippen molar-refractivity contribution in [3.05, 3.63) is 52.8 Å². The predicted octanol–water partition coefficient (Wildman–Crippen LogP) is 3.31. The summed E-state index contributed by atoms with van der Waals surface area (Å²) in [5.41, 5.74) is 0.664. The number of carbonyl (C=O) groups is 1. The van der Waals surface area contributed by atoms with Crippen molar-refractivity contribution in [2.24, 2.45) is 7.05 Å². The lowest BCUT2D eigenvalue weighted by Crippen LogP contribution is -2.27. The number of carbonyl (C=O) groups excluding carboxylic acids is 1. The van der Waals surface area contributed by atoms with E-state index in [1.54, 1.807) is 11.8 Å². The van der Waals surface area contributed by atoms with Gasteiger partial charge in [0, 0.05) is 34.9 Å². The third kappa shape index (κ3) is 4.14. The number of aromatic nitrogens is 1. The summed E-state index contributed by atoms with van der Waals surface area (Å²) in [6.45, 7) is 0.654. The molecule has 0 radical (unpaired) electrons. The number of nitrogens with one attached hydrogen (secondary N) is 1. The maximum atomic E-state index is 11.9. The Bertz CT molecular complexity index is 554. The zero-order chi connectivity index (χ0) is 13.7. The molecule has 1 amide bonds. The minimum Gasteiger partial charge on any atom is -0.350 e. The number of amides is 1. The molecule has 19 heavy (non-hydrogen) atoms. The van der Waals surface area contributed by atoms with Gasteiger partial charge in [-0.2, -0.15) is 0 Å². The average Bonchev–Trinajstić information content (AvgIpc) is 2.75. The van der Waals surface area contributed by atoms with Crippen molar-refractivity contribution >= 4 is 33.6 Å². The van der Waals surface area contributed by atoms with E-state index in [4.69, 9.17) is 0 Å². The Hall–Kier alpha value is -1.20. The number of benzene rings is 1. The smallest absolute Gasteiger partial charge is 0.267 e. The van der Waals surface area contributed by atoms with Gasteiger partial charge >= 0.3 is 0 Å². The second kappa shape index (κ2) is 6.82. The van der Waals surface area contributed by atoms with Crippen LogP contribution in [0.3, 0.4) is 0 Å². The van der Waals surface area contributed by atoms with Gasteiger partial charge in [0.1, 0.15) is 5.69 Å². The first-order chi connectivity index (χ1) is 9.16. The second-order valence-corrected chi connectivity index (χ2v) is 6.16. The van der Waals surface area contributed by atoms with Crippen LogP contribution in [-0.2, 0) is 7.05 Å². The molecule has 0 unspecified atom stereocenters. The third-order valence-electron chi connectivity index (χ3n) is 2.60. The Balaban J connectivity index is 1.77. The third-order valence-corrected chi connectivity index (χ3v) is 4.05. The Kier molecular flexibility index (Phi) is 5.10. The molecule has 0 aliphatic heterocycles. The quantitative estimate of drug-likeness (QED) is 0.670. The lowest BCUT2D eigenvalue weighted by Gasteiger charge is -2.06. The number of halogens is 1. The van der Waals surface area contributed by atoms with Crippen LogP contribution in [0.25, 0.3) is 0 Å². The van der Waals surface area contributed by atoms with Crippen molar-refractivity contribution in [3.8, 4) is 0 Å². The van der Waals surface area contributed by atoms with Gasteiger partial charge in [0.25, 0.3) is 5.91 Å². The molecule has 2 rings (SSSR count). The summed E-state index contributed by atoms with van der Waals surface area (Å²) in [5.74, 6) is 0.823. The molecule has 2 aromatic rings. The summed E-state index contributed by atoms with van der Waals surface area (Å²) in [4.78, 5) is 13.1. The van der Waals surface area contributed by atoms with Crippen molar-refractivity contribution in [2.45, 2.75) is 4.90 Å². The first-order valence-corrected chi connectivity index (χ1v) is 7.72. The van der Waals surface area contributed by atoms with Crippen LogP contribution < -0.4 is 5.32 Å². The van der Waals surface area contributed by atoms with Gasteiger partial charge in [0.2, 0.25) is 0 Å². The normalized spacial score (nSPS) is 10.4. The van der Waals surface area contributed by atoms with E-state index in [2.05, 4.69) is 33.4 Å². The predicted molar refractivity (Wildman–Crippen MR) is 82.6 cm³/mol. The Morgan fingerprint density at radius 3 is 2.74 bits per heavy atom. The number of hydrogen-bond acceptors (Lipinski definition) is 2. The monoisotopic (exact) mass is 338 g/mol. The van der Waals surface area contributed by atoms with E-state index in [1.165, 1.54) is 4.90 Å². The Morgan fingerprint density at radius 1 is 1.37 bits per heavy atom. The molecule has 0 bridgehead atoms. The van der Waals surface area contributed by atoms with Gasteiger partial charge in [-0.05, 0) is 34.1 Å². The maximum absolute atomic E-state index is 11.9. The number of aryl methyl sites for hydroxylation is 1. The van der Waals surface area contributed by atoms with E-state index in [0.717, 1.165) is 10.2 Å². The summed E-state index contributed by atoms with van der Waals surface area (Å²) >= 11 is 5.09. The molecule has 0 saturated heterocycles. The lowest BCUT2D eigenvalue weighted by atomic mass is 10.4. The lowest BCUT2D eigenvalue weighted by molar-refractivity contribution is 0.0948. The number of thioether (sulfide) groups is 1. The molecule has 1 heterocycles. The van der Waals surface area contributed by atoms with E-state index in [-0.39, 0.29) is 5.91 Å². The molecule has 1 N–H and O–H groups in total. The molecule has 1 aromatic heterocycles. The van der Waals surface area contributed by atoms with Crippen LogP contribution in [0.2, 0.25) is 0 Å². The van der Waals surface area contributed by atoms with Gasteiger partial charge in [-0.3, -0.25) is 4.79 Å². The molecule has 100 valence electrons. The molecule has 0 aliphatic carbocycles. The van der Waals surface area contributed by atoms with Gasteiger partial charge in [-0.1, -0.05) is 18.2 Å². The SMILES string of the molecule is Cn1cc(Br)cc1C(=O)NCCSc1ccccc1. The van der Waals surface area contributed by atoms with Crippen molar-refractivity contribution in [2.75, 3.05) is 12.3 Å². The molecule has 0 fully saturated rings. The zero-order valence-electron chi connectivity index (χ0n) is 10.6. The van der Waals surface area contributed by atoms with Crippen molar-refractivity contribution < 1.29 is 4.79 Å². The van der Waals surface area contributed by atoms with Gasteiger partial charge in [0.05, 0.1) is 0 Å². The largest absolute Gasteiger partial charge is 0.350 e. The van der Waals surface area contributed by atoms with Gasteiger partial charge in [0.15, 0.2) is 0 Å². The van der Waals surface area contributed by atoms with E-state index >= 15 is 0 Å². The van der Waals surface area contributed by atoms with E-state index in [0.29, 0.717) is 12.2 Å². The van der Waals surface area contributed by atoms with Gasteiger partial charge < -0.3 is 9.88 Å². The van der Waals surface area contributed by atoms with Crippen LogP contribution in [-0.4, -0.2) is 22.8 Å². The molecule has 0 saturated carbocycles. The summed E-state index contributed by atoms with van der Waals surface area (Å²) in [6, 6.07) is 12.0. The summed E-state index contributed by atoms with van der Waals surface area (Å²) in [7, 11) is 1.86. The van der Waals surface area contributed by atoms with Crippen LogP contribution in [0.15, 0.2) is 52.0 Å². The molecule has 0 aliphatic rings. The zero-order valence-corrected chi connectivity index (χ0v) is 13.0. The topological polar surface area (TPSA) is 34.0 Å². The molecule has 0 atom stereocenters. The first kappa shape index (κ1) is 14.2. The summed E-state index contributed by atoms with van der Waals surface area (Å²) in [6.07, 6.45) is 1.87. The molecular weight excluding hydrogens is 324 g/mol. The number of hydrogen-bond donors (Lipinski definition) is 1. The fourth-order valence-corrected chi connectivity index (χ4v) is 3.00. The van der Waals surface area contributed by atoms with E-state index < -0.39 is 0 Å². The van der Waals surface area contributed by atoms with Crippen molar-refractivity contribution in [1.29, 1.82) is 0 Å². The summed E-state index contributed by atoms with van der Waals surface area (Å²) in [5, 5.41) is 2.92. The standard InChI is InChI=1S/C14H15BrN2OS/c1-17-10-11(15)9-13(17)14(18)16-7-8-19-12-5-3-2-4-6-12/h2-6,9-10H,7-8H2,1H3,(H,16,18). The van der Waals surface area contributed by atoms with Crippen molar-refractivity contribution in [3.63, 3.8) is 0 Å². The fourth-order valence-electron chi connectivity index (χ4n) is 1.69. The van der Waals surface area contributed by atoms with Gasteiger partial charge in [-0.25, -0.2) is 0 Å². The van der Waals surface area contributed by atoms with Crippen LogP contribution in [0.4, 0.5) is 0 Å². The van der Waals surface area contributed by atoms with E-state index in [9.17, 15) is 4.79 Å². The summed E-state index contributed by atoms with van der Waals surface area (Å²) < 4.78 is 2.72. The fraction of sp³-hybridized carbons (Fsp3) is 0.214. The number of rotatable bonds is 5. The Labute approximate surface area is 125 Å². The minimum absolute atomic E-state index is 0.0399. The maximum Gasteiger partial charge on any atom is 0.267 e. The van der Waals surface area contributed by atoms with Crippen LogP contribution in [0, 0.1) is 0 Å². The van der Waals surface area contributed by atoms with Gasteiger partial charge in [-0.15, -0.1) is 11.8 Å². The highest BCUT2D eigenvalue weighted by molar-refractivity contribution is 9.10. The Morgan fingerprint density at radius 2 is 2.11 bits per heavy atom. The molecule has 1 aromatic carbocycles. The molecule has 5 heteroatoms. The second-order valence-electron chi connectivity index (χ2n) is 4.07. The van der Waals surface area contributed by atoms with E-state index in [1.807, 2.05) is 42.1 Å². The number of nitrogens with zero attached hydrogens (tertiary/aromatic N) is 1.